The number of aromatic nitrogens is 3. The summed E-state index contributed by atoms with van der Waals surface area (Å²) in [5.74, 6) is 1.34. The van der Waals surface area contributed by atoms with Crippen LogP contribution >= 0.6 is 0 Å². The Labute approximate surface area is 294 Å². The minimum absolute atomic E-state index is 0.131. The molecule has 0 spiro atoms. The van der Waals surface area contributed by atoms with Crippen LogP contribution in [0.15, 0.2) is 173 Å². The third kappa shape index (κ3) is 4.60. The fraction of sp³-hybridized carbons (Fsp3) is 0. The molecule has 3 heterocycles. The van der Waals surface area contributed by atoms with Crippen molar-refractivity contribution in [3.63, 3.8) is 0 Å². The van der Waals surface area contributed by atoms with Crippen LogP contribution in [0.4, 0.5) is 0 Å². The summed E-state index contributed by atoms with van der Waals surface area (Å²) in [6, 6.07) is 41.2. The van der Waals surface area contributed by atoms with Gasteiger partial charge in [0.2, 0.25) is 0 Å². The summed E-state index contributed by atoms with van der Waals surface area (Å²) in [7, 11) is 0. The Hall–Kier alpha value is -6.85. The zero-order valence-corrected chi connectivity index (χ0v) is 26.4. The van der Waals surface area contributed by atoms with E-state index in [4.69, 9.17) is 30.6 Å². The van der Waals surface area contributed by atoms with E-state index in [0.717, 1.165) is 55.0 Å². The largest absolute Gasteiger partial charge is 0.456 e. The third-order valence-corrected chi connectivity index (χ3v) is 9.06. The topological polar surface area (TPSA) is 65.0 Å². The number of para-hydroxylation sites is 2. The van der Waals surface area contributed by atoms with Crippen LogP contribution < -0.4 is 0 Å². The summed E-state index contributed by atoms with van der Waals surface area (Å²) in [4.78, 5) is 15.0. The number of rotatable bonds is 5. The first kappa shape index (κ1) is 23.5. The van der Waals surface area contributed by atoms with E-state index in [1.54, 1.807) is 24.3 Å². The summed E-state index contributed by atoms with van der Waals surface area (Å²) < 4.78 is 54.2. The first-order valence-electron chi connectivity index (χ1n) is 18.7. The molecular formula is C45H27N3O2. The van der Waals surface area contributed by atoms with Crippen LogP contribution in [0.2, 0.25) is 0 Å². The van der Waals surface area contributed by atoms with Gasteiger partial charge >= 0.3 is 0 Å². The van der Waals surface area contributed by atoms with E-state index < -0.39 is 6.04 Å². The van der Waals surface area contributed by atoms with Crippen LogP contribution in [0.5, 0.6) is 0 Å². The molecule has 0 amide bonds. The lowest BCUT2D eigenvalue weighted by Crippen LogP contribution is -2.00. The SMILES string of the molecule is [2H]c1c([2H])c([2H])c(-c2ccc(-c3nc(-c4ccccc4)nc(-c4cccc5oc6cccc(-c7cccc8c7oc7ccccc78)c6c45)n3)cc2)c([2H])c1[2H]. The van der Waals surface area contributed by atoms with E-state index in [-0.39, 0.29) is 29.7 Å². The highest BCUT2D eigenvalue weighted by Crippen LogP contribution is 2.44. The molecule has 50 heavy (non-hydrogen) atoms. The Morgan fingerprint density at radius 1 is 0.380 bits per heavy atom. The summed E-state index contributed by atoms with van der Waals surface area (Å²) >= 11 is 0. The number of hydrogen-bond acceptors (Lipinski definition) is 5. The van der Waals surface area contributed by atoms with Crippen molar-refractivity contribution in [2.75, 3.05) is 0 Å². The van der Waals surface area contributed by atoms with Crippen molar-refractivity contribution in [2.45, 2.75) is 0 Å². The second-order valence-corrected chi connectivity index (χ2v) is 12.0. The molecule has 5 nitrogen and oxygen atoms in total. The van der Waals surface area contributed by atoms with Gasteiger partial charge in [-0.2, -0.15) is 0 Å². The van der Waals surface area contributed by atoms with E-state index in [2.05, 4.69) is 30.3 Å². The normalized spacial score (nSPS) is 13.0. The quantitative estimate of drug-likeness (QED) is 0.186. The van der Waals surface area contributed by atoms with Gasteiger partial charge in [-0.05, 0) is 34.9 Å². The summed E-state index contributed by atoms with van der Waals surface area (Å²) in [6.07, 6.45) is 0. The lowest BCUT2D eigenvalue weighted by molar-refractivity contribution is 0.668. The molecule has 0 aliphatic rings. The molecule has 0 unspecified atom stereocenters. The molecule has 0 saturated heterocycles. The highest BCUT2D eigenvalue weighted by Gasteiger charge is 2.22. The van der Waals surface area contributed by atoms with E-state index in [1.165, 1.54) is 0 Å². The van der Waals surface area contributed by atoms with Crippen molar-refractivity contribution in [2.24, 2.45) is 0 Å². The molecule has 0 aliphatic carbocycles. The van der Waals surface area contributed by atoms with Gasteiger partial charge in [-0.1, -0.05) is 145 Å². The predicted octanol–water partition coefficient (Wildman–Crippen LogP) is 12.0. The molecule has 10 rings (SSSR count). The minimum atomic E-state index is -0.430. The lowest BCUT2D eigenvalue weighted by Gasteiger charge is -2.10. The van der Waals surface area contributed by atoms with Crippen LogP contribution in [-0.4, -0.2) is 15.0 Å². The van der Waals surface area contributed by atoms with Gasteiger partial charge in [-0.3, -0.25) is 0 Å². The van der Waals surface area contributed by atoms with Crippen LogP contribution in [-0.2, 0) is 0 Å². The van der Waals surface area contributed by atoms with E-state index in [0.29, 0.717) is 39.8 Å². The number of furan rings is 2. The standard InChI is InChI=1S/C45H27N3O2/c1-3-12-28(13-4-1)29-24-26-31(27-25-29)44-46-43(30-14-5-2-6-15-30)47-45(48-44)36-20-11-23-39-41(36)40-33(17-10-22-38(40)49-39)35-19-9-18-34-32-16-7-8-21-37(32)50-42(34)35/h1-27H/i1D,3D,4D,12D,13D. The molecule has 5 heteroatoms. The fourth-order valence-electron chi connectivity index (χ4n) is 6.76. The van der Waals surface area contributed by atoms with Crippen molar-refractivity contribution in [3.8, 4) is 56.4 Å². The van der Waals surface area contributed by atoms with Crippen molar-refractivity contribution >= 4 is 43.9 Å². The molecule has 0 atom stereocenters. The van der Waals surface area contributed by atoms with Gasteiger partial charge in [-0.15, -0.1) is 0 Å². The average molecular weight is 647 g/mol. The molecule has 0 fully saturated rings. The molecule has 0 aliphatic heterocycles. The zero-order chi connectivity index (χ0) is 37.4. The molecular weight excluding hydrogens is 615 g/mol. The summed E-state index contributed by atoms with van der Waals surface area (Å²) in [5.41, 5.74) is 7.76. The monoisotopic (exact) mass is 646 g/mol. The minimum Gasteiger partial charge on any atom is -0.456 e. The van der Waals surface area contributed by atoms with Gasteiger partial charge < -0.3 is 8.83 Å². The third-order valence-electron chi connectivity index (χ3n) is 9.06. The molecule has 0 saturated carbocycles. The van der Waals surface area contributed by atoms with Crippen molar-refractivity contribution in [1.82, 2.24) is 15.0 Å². The van der Waals surface area contributed by atoms with Crippen molar-refractivity contribution in [1.29, 1.82) is 0 Å². The van der Waals surface area contributed by atoms with Gasteiger partial charge in [0.15, 0.2) is 17.5 Å². The first-order chi connectivity index (χ1) is 26.9. The maximum absolute atomic E-state index is 8.46. The van der Waals surface area contributed by atoms with Crippen molar-refractivity contribution < 1.29 is 15.7 Å². The van der Waals surface area contributed by atoms with Gasteiger partial charge in [0.05, 0.1) is 6.85 Å². The summed E-state index contributed by atoms with van der Waals surface area (Å²) in [6.45, 7) is 0. The number of hydrogen-bond donors (Lipinski definition) is 0. The maximum Gasteiger partial charge on any atom is 0.164 e. The van der Waals surface area contributed by atoms with Gasteiger partial charge in [0.25, 0.3) is 0 Å². The van der Waals surface area contributed by atoms with Gasteiger partial charge in [-0.25, -0.2) is 15.0 Å². The van der Waals surface area contributed by atoms with Crippen LogP contribution in [0.25, 0.3) is 100 Å². The Morgan fingerprint density at radius 2 is 0.940 bits per heavy atom. The zero-order valence-electron chi connectivity index (χ0n) is 31.4. The highest BCUT2D eigenvalue weighted by molar-refractivity contribution is 6.20. The number of nitrogens with zero attached hydrogens (tertiary/aromatic N) is 3. The first-order valence-corrected chi connectivity index (χ1v) is 16.2. The predicted molar refractivity (Wildman–Crippen MR) is 202 cm³/mol. The van der Waals surface area contributed by atoms with E-state index >= 15 is 0 Å². The summed E-state index contributed by atoms with van der Waals surface area (Å²) in [5, 5.41) is 3.85. The second kappa shape index (κ2) is 11.4. The average Bonchev–Trinajstić information content (AvgIpc) is 3.82. The Kier molecular flexibility index (Phi) is 5.35. The smallest absolute Gasteiger partial charge is 0.164 e. The molecule has 0 bridgehead atoms. The van der Waals surface area contributed by atoms with Crippen LogP contribution in [0.1, 0.15) is 6.85 Å². The molecule has 234 valence electrons. The van der Waals surface area contributed by atoms with Gasteiger partial charge in [0.1, 0.15) is 22.3 Å². The van der Waals surface area contributed by atoms with E-state index in [1.807, 2.05) is 78.9 Å². The van der Waals surface area contributed by atoms with Gasteiger partial charge in [0, 0.05) is 43.8 Å². The molecule has 0 N–H and O–H groups in total. The molecule has 3 aromatic heterocycles. The van der Waals surface area contributed by atoms with Crippen LogP contribution in [0.3, 0.4) is 0 Å². The van der Waals surface area contributed by atoms with E-state index in [9.17, 15) is 0 Å². The molecule has 10 aromatic rings. The van der Waals surface area contributed by atoms with Crippen molar-refractivity contribution in [3.05, 3.63) is 164 Å². The second-order valence-electron chi connectivity index (χ2n) is 12.0. The molecule has 0 radical (unpaired) electrons. The van der Waals surface area contributed by atoms with Crippen LogP contribution in [0, 0.1) is 0 Å². The fourth-order valence-corrected chi connectivity index (χ4v) is 6.76. The maximum atomic E-state index is 8.46. The molecule has 7 aromatic carbocycles. The Balaban J connectivity index is 1.18. The highest BCUT2D eigenvalue weighted by atomic mass is 16.3. The number of fused-ring (bicyclic) bond motifs is 6. The lowest BCUT2D eigenvalue weighted by atomic mass is 9.95. The Bertz CT molecular complexity index is 3130. The Morgan fingerprint density at radius 3 is 1.72 bits per heavy atom. The number of benzene rings is 7.